The van der Waals surface area contributed by atoms with E-state index in [0.717, 1.165) is 31.3 Å². The lowest BCUT2D eigenvalue weighted by molar-refractivity contribution is 0.460. The number of pyridine rings is 1. The van der Waals surface area contributed by atoms with E-state index in [1.54, 1.807) is 18.3 Å². The Hall–Kier alpha value is -2.08. The van der Waals surface area contributed by atoms with Gasteiger partial charge in [0.25, 0.3) is 0 Å². The van der Waals surface area contributed by atoms with Crippen molar-refractivity contribution in [3.05, 3.63) is 47.2 Å². The van der Waals surface area contributed by atoms with E-state index in [4.69, 9.17) is 4.74 Å². The highest BCUT2D eigenvalue weighted by Gasteiger charge is 2.19. The number of nitrogens with zero attached hydrogens (tertiary/aromatic N) is 1. The van der Waals surface area contributed by atoms with Gasteiger partial charge in [0.1, 0.15) is 11.4 Å². The normalized spacial score (nSPS) is 13.7. The Morgan fingerprint density at radius 3 is 2.73 bits per heavy atom. The molecule has 6 heteroatoms. The number of aromatic nitrogens is 1. The van der Waals surface area contributed by atoms with Crippen LogP contribution < -0.4 is 9.46 Å². The van der Waals surface area contributed by atoms with Gasteiger partial charge in [-0.05, 0) is 61.1 Å². The fourth-order valence-electron chi connectivity index (χ4n) is 2.80. The van der Waals surface area contributed by atoms with Crippen molar-refractivity contribution in [3.8, 4) is 11.6 Å². The molecule has 1 heterocycles. The monoisotopic (exact) mass is 318 g/mol. The molecule has 116 valence electrons. The van der Waals surface area contributed by atoms with Crippen LogP contribution in [0.15, 0.2) is 30.5 Å². The second-order valence-electron chi connectivity index (χ2n) is 5.52. The first-order valence-electron chi connectivity index (χ1n) is 7.16. The molecule has 0 saturated heterocycles. The topological polar surface area (TPSA) is 68.3 Å². The van der Waals surface area contributed by atoms with Gasteiger partial charge >= 0.3 is 0 Å². The van der Waals surface area contributed by atoms with Gasteiger partial charge in [-0.3, -0.25) is 4.72 Å². The summed E-state index contributed by atoms with van der Waals surface area (Å²) in [6, 6.07) is 7.27. The summed E-state index contributed by atoms with van der Waals surface area (Å²) in [5, 5.41) is 0. The zero-order valence-corrected chi connectivity index (χ0v) is 13.4. The quantitative estimate of drug-likeness (QED) is 0.941. The first kappa shape index (κ1) is 14.8. The number of fused-ring (bicyclic) bond motifs is 1. The lowest BCUT2D eigenvalue weighted by Gasteiger charge is -2.14. The van der Waals surface area contributed by atoms with Crippen LogP contribution in [0.4, 0.5) is 5.69 Å². The molecule has 1 aromatic carbocycles. The van der Waals surface area contributed by atoms with Crippen LogP contribution in [0.2, 0.25) is 0 Å². The predicted molar refractivity (Wildman–Crippen MR) is 86.0 cm³/mol. The number of aryl methyl sites for hydroxylation is 1. The minimum Gasteiger partial charge on any atom is -0.437 e. The van der Waals surface area contributed by atoms with Gasteiger partial charge in [-0.15, -0.1) is 0 Å². The molecule has 22 heavy (non-hydrogen) atoms. The highest BCUT2D eigenvalue weighted by atomic mass is 32.2. The van der Waals surface area contributed by atoms with E-state index in [2.05, 4.69) is 16.6 Å². The first-order chi connectivity index (χ1) is 10.4. The van der Waals surface area contributed by atoms with E-state index in [-0.39, 0.29) is 5.88 Å². The number of sulfonamides is 1. The van der Waals surface area contributed by atoms with Crippen LogP contribution >= 0.6 is 0 Å². The minimum absolute atomic E-state index is 0.269. The second kappa shape index (κ2) is 5.61. The molecule has 5 nitrogen and oxygen atoms in total. The van der Waals surface area contributed by atoms with Gasteiger partial charge in [0.15, 0.2) is 0 Å². The van der Waals surface area contributed by atoms with Crippen LogP contribution in [0.25, 0.3) is 0 Å². The molecular weight excluding hydrogens is 300 g/mol. The van der Waals surface area contributed by atoms with Crippen molar-refractivity contribution >= 4 is 15.7 Å². The minimum atomic E-state index is -3.38. The molecule has 0 bridgehead atoms. The number of hydrogen-bond acceptors (Lipinski definition) is 4. The average Bonchev–Trinajstić information content (AvgIpc) is 2.93. The summed E-state index contributed by atoms with van der Waals surface area (Å²) in [6.07, 6.45) is 5.85. The van der Waals surface area contributed by atoms with Gasteiger partial charge < -0.3 is 4.74 Å². The van der Waals surface area contributed by atoms with Crippen molar-refractivity contribution in [2.45, 2.75) is 26.2 Å². The Kier molecular flexibility index (Phi) is 3.78. The third-order valence-electron chi connectivity index (χ3n) is 3.75. The Morgan fingerprint density at radius 1 is 1.18 bits per heavy atom. The Morgan fingerprint density at radius 2 is 1.95 bits per heavy atom. The third kappa shape index (κ3) is 3.06. The third-order valence-corrected chi connectivity index (χ3v) is 4.34. The van der Waals surface area contributed by atoms with Crippen molar-refractivity contribution in [3.63, 3.8) is 0 Å². The van der Waals surface area contributed by atoms with Gasteiger partial charge in [-0.2, -0.15) is 0 Å². The predicted octanol–water partition coefficient (Wildman–Crippen LogP) is 3.04. The van der Waals surface area contributed by atoms with E-state index >= 15 is 0 Å². The van der Waals surface area contributed by atoms with E-state index < -0.39 is 10.0 Å². The van der Waals surface area contributed by atoms with Crippen molar-refractivity contribution in [2.75, 3.05) is 11.0 Å². The number of hydrogen-bond donors (Lipinski definition) is 1. The van der Waals surface area contributed by atoms with Gasteiger partial charge in [-0.25, -0.2) is 13.4 Å². The highest BCUT2D eigenvalue weighted by molar-refractivity contribution is 7.92. The molecule has 0 aliphatic heterocycles. The van der Waals surface area contributed by atoms with Gasteiger partial charge in [0, 0.05) is 6.20 Å². The zero-order chi connectivity index (χ0) is 15.7. The maximum atomic E-state index is 11.4. The molecule has 2 aromatic rings. The van der Waals surface area contributed by atoms with Crippen LogP contribution in [0.1, 0.15) is 23.1 Å². The Balaban J connectivity index is 1.97. The van der Waals surface area contributed by atoms with Crippen LogP contribution in [0, 0.1) is 6.92 Å². The summed E-state index contributed by atoms with van der Waals surface area (Å²) < 4.78 is 31.2. The molecule has 0 saturated carbocycles. The van der Waals surface area contributed by atoms with Crippen molar-refractivity contribution in [1.29, 1.82) is 0 Å². The largest absolute Gasteiger partial charge is 0.437 e. The number of benzene rings is 1. The Labute approximate surface area is 130 Å². The summed E-state index contributed by atoms with van der Waals surface area (Å²) in [6.45, 7) is 2.10. The number of anilines is 1. The lowest BCUT2D eigenvalue weighted by Crippen LogP contribution is -2.11. The molecule has 0 fully saturated rings. The zero-order valence-electron chi connectivity index (χ0n) is 12.6. The van der Waals surface area contributed by atoms with Crippen LogP contribution in [0.3, 0.4) is 0 Å². The highest BCUT2D eigenvalue weighted by Crippen LogP contribution is 2.36. The van der Waals surface area contributed by atoms with E-state index in [1.807, 2.05) is 12.1 Å². The van der Waals surface area contributed by atoms with Gasteiger partial charge in [0.2, 0.25) is 15.9 Å². The maximum absolute atomic E-state index is 11.4. The summed E-state index contributed by atoms with van der Waals surface area (Å²) in [5.41, 5.74) is 4.16. The van der Waals surface area contributed by atoms with Crippen LogP contribution in [-0.2, 0) is 22.9 Å². The summed E-state index contributed by atoms with van der Waals surface area (Å²) in [5.74, 6) is 1.03. The maximum Gasteiger partial charge on any atom is 0.243 e. The number of nitrogens with one attached hydrogen (secondary N) is 1. The van der Waals surface area contributed by atoms with E-state index in [9.17, 15) is 8.42 Å². The summed E-state index contributed by atoms with van der Waals surface area (Å²) in [4.78, 5) is 4.16. The second-order valence-corrected chi connectivity index (χ2v) is 7.27. The average molecular weight is 318 g/mol. The molecule has 0 spiro atoms. The summed E-state index contributed by atoms with van der Waals surface area (Å²) in [7, 11) is -3.38. The van der Waals surface area contributed by atoms with Crippen molar-refractivity contribution in [1.82, 2.24) is 4.98 Å². The summed E-state index contributed by atoms with van der Waals surface area (Å²) >= 11 is 0. The van der Waals surface area contributed by atoms with Gasteiger partial charge in [-0.1, -0.05) is 6.07 Å². The van der Waals surface area contributed by atoms with Gasteiger partial charge in [0.05, 0.1) is 6.26 Å². The molecule has 0 unspecified atom stereocenters. The lowest BCUT2D eigenvalue weighted by atomic mass is 10.0. The van der Waals surface area contributed by atoms with E-state index in [1.165, 1.54) is 16.7 Å². The number of ether oxygens (including phenoxy) is 1. The molecule has 3 rings (SSSR count). The standard InChI is InChI=1S/C16H18N2O3S/c1-11-8-9-15(13-6-3-5-12(11)13)21-16-14(7-4-10-17-16)18-22(2,19)20/h4,7-10,18H,3,5-6H2,1-2H3. The first-order valence-corrected chi connectivity index (χ1v) is 9.05. The van der Waals surface area contributed by atoms with Crippen molar-refractivity contribution in [2.24, 2.45) is 0 Å². The van der Waals surface area contributed by atoms with Crippen LogP contribution in [-0.4, -0.2) is 19.7 Å². The fourth-order valence-corrected chi connectivity index (χ4v) is 3.36. The Bertz CT molecular complexity index is 816. The van der Waals surface area contributed by atoms with Crippen LogP contribution in [0.5, 0.6) is 11.6 Å². The number of rotatable bonds is 4. The molecule has 1 aliphatic rings. The SMILES string of the molecule is Cc1ccc(Oc2ncccc2NS(C)(=O)=O)c2c1CCC2. The molecule has 1 aliphatic carbocycles. The molecule has 0 atom stereocenters. The molecule has 1 N–H and O–H groups in total. The molecule has 0 radical (unpaired) electrons. The van der Waals surface area contributed by atoms with E-state index in [0.29, 0.717) is 5.69 Å². The molecule has 1 aromatic heterocycles. The fraction of sp³-hybridized carbons (Fsp3) is 0.312. The van der Waals surface area contributed by atoms with Crippen molar-refractivity contribution < 1.29 is 13.2 Å². The molecular formula is C16H18N2O3S. The smallest absolute Gasteiger partial charge is 0.243 e. The molecule has 0 amide bonds.